The number of rotatable bonds is 11. The molecule has 6 aromatic carbocycles. The fourth-order valence-electron chi connectivity index (χ4n) is 7.05. The number of H-pyrrole nitrogens is 2. The topological polar surface area (TPSA) is 383 Å². The first-order chi connectivity index (χ1) is 31.7. The summed E-state index contributed by atoms with van der Waals surface area (Å²) in [5.74, 6) is -0.768. The van der Waals surface area contributed by atoms with Crippen molar-refractivity contribution in [3.63, 3.8) is 0 Å². The second-order valence-corrected chi connectivity index (χ2v) is 20.4. The zero-order valence-corrected chi connectivity index (χ0v) is 37.6. The molecule has 24 nitrogen and oxygen atoms in total. The molecular formula is C40H30N8O16S4. The van der Waals surface area contributed by atoms with E-state index in [-0.39, 0.29) is 78.6 Å². The van der Waals surface area contributed by atoms with Crippen LogP contribution >= 0.6 is 0 Å². The summed E-state index contributed by atoms with van der Waals surface area (Å²) in [7, 11) is -19.7. The third-order valence-corrected chi connectivity index (χ3v) is 13.7. The highest BCUT2D eigenvalue weighted by Gasteiger charge is 2.24. The number of aromatic hydroxyl groups is 2. The number of nitrogens with one attached hydrogen (secondary N) is 2. The number of nitrogens with zero attached hydrogens (tertiary/aromatic N) is 6. The van der Waals surface area contributed by atoms with Gasteiger partial charge in [-0.3, -0.25) is 38.0 Å². The molecule has 0 radical (unpaired) electrons. The van der Waals surface area contributed by atoms with Gasteiger partial charge in [-0.05, 0) is 109 Å². The van der Waals surface area contributed by atoms with E-state index in [0.717, 1.165) is 21.5 Å². The molecule has 0 fully saturated rings. The molecule has 0 atom stereocenters. The average molecular weight is 1010 g/mol. The lowest BCUT2D eigenvalue weighted by atomic mass is 10.0. The van der Waals surface area contributed by atoms with Crippen molar-refractivity contribution in [2.24, 2.45) is 20.5 Å². The lowest BCUT2D eigenvalue weighted by Crippen LogP contribution is -2.14. The summed E-state index contributed by atoms with van der Waals surface area (Å²) < 4.78 is 136. The van der Waals surface area contributed by atoms with Crippen molar-refractivity contribution >= 4 is 84.8 Å². The van der Waals surface area contributed by atoms with E-state index >= 15 is 0 Å². The van der Waals surface area contributed by atoms with Gasteiger partial charge in [-0.25, -0.2) is 9.36 Å². The van der Waals surface area contributed by atoms with Crippen LogP contribution in [-0.2, 0) is 40.5 Å². The molecule has 8 aromatic rings. The van der Waals surface area contributed by atoms with Gasteiger partial charge in [0.1, 0.15) is 32.7 Å². The quantitative estimate of drug-likeness (QED) is 0.0508. The molecule has 0 saturated carbocycles. The standard InChI is InChI=1S/C40H30N8O16S4/c1-19-37(39(51)47(45-19)25-5-7-29-23(11-25)13-27(65(53,54)55)17-35(29)67(59,60)61)43-41-31-9-3-21(15-33(31)49)22-4-10-32(34(50)16-22)42-44-38-20(2)46-48(40(38)52)26-6-8-30-24(12-26)14-28(66(56,57)58)18-36(30)68(62,63)64/h3-18,45-46,49-50H,1-2H3,(H,53,54,55)(H,56,57,58)(H,59,60,61)(H,62,63,64). The molecule has 0 unspecified atom stereocenters. The first-order valence-electron chi connectivity index (χ1n) is 18.9. The molecule has 350 valence electrons. The fourth-order valence-corrected chi connectivity index (χ4v) is 9.77. The number of fused-ring (bicyclic) bond motifs is 2. The van der Waals surface area contributed by atoms with Crippen LogP contribution in [0.15, 0.2) is 147 Å². The maximum atomic E-state index is 13.5. The molecule has 0 aliphatic heterocycles. The third kappa shape index (κ3) is 8.94. The van der Waals surface area contributed by atoms with Gasteiger partial charge < -0.3 is 10.2 Å². The van der Waals surface area contributed by atoms with Crippen LogP contribution in [0.5, 0.6) is 11.5 Å². The highest BCUT2D eigenvalue weighted by Crippen LogP contribution is 2.38. The van der Waals surface area contributed by atoms with Gasteiger partial charge in [0.05, 0.1) is 32.6 Å². The molecule has 0 spiro atoms. The van der Waals surface area contributed by atoms with Gasteiger partial charge in [-0.1, -0.05) is 24.3 Å². The van der Waals surface area contributed by atoms with E-state index in [9.17, 15) is 71.7 Å². The molecule has 28 heteroatoms. The predicted octanol–water partition coefficient (Wildman–Crippen LogP) is 6.46. The fraction of sp³-hybridized carbons (Fsp3) is 0.0500. The molecule has 8 N–H and O–H groups in total. The first kappa shape index (κ1) is 46.8. The second-order valence-electron chi connectivity index (χ2n) is 14.8. The summed E-state index contributed by atoms with van der Waals surface area (Å²) in [5.41, 5.74) is -0.722. The minimum Gasteiger partial charge on any atom is -0.506 e. The Hall–Kier alpha value is -7.70. The maximum absolute atomic E-state index is 13.5. The summed E-state index contributed by atoms with van der Waals surface area (Å²) >= 11 is 0. The molecule has 0 bridgehead atoms. The van der Waals surface area contributed by atoms with Crippen LogP contribution in [-0.4, -0.2) is 81.7 Å². The number of azo groups is 2. The molecule has 2 aromatic heterocycles. The smallest absolute Gasteiger partial charge is 0.299 e. The zero-order valence-electron chi connectivity index (χ0n) is 34.3. The first-order valence-corrected chi connectivity index (χ1v) is 24.6. The number of aromatic nitrogens is 4. The number of hydrogen-bond acceptors (Lipinski definition) is 16. The van der Waals surface area contributed by atoms with Crippen LogP contribution in [0, 0.1) is 13.8 Å². The Balaban J connectivity index is 1.02. The Morgan fingerprint density at radius 1 is 0.456 bits per heavy atom. The van der Waals surface area contributed by atoms with Crippen LogP contribution < -0.4 is 11.1 Å². The second kappa shape index (κ2) is 16.6. The lowest BCUT2D eigenvalue weighted by Gasteiger charge is -2.09. The normalized spacial score (nSPS) is 12.9. The Morgan fingerprint density at radius 2 is 0.824 bits per heavy atom. The number of hydrogen-bond donors (Lipinski definition) is 8. The number of aromatic amines is 2. The minimum absolute atomic E-state index is 0.0712. The van der Waals surface area contributed by atoms with Crippen LogP contribution in [0.2, 0.25) is 0 Å². The van der Waals surface area contributed by atoms with Crippen LogP contribution in [0.1, 0.15) is 11.4 Å². The minimum atomic E-state index is -4.95. The summed E-state index contributed by atoms with van der Waals surface area (Å²) in [5, 5.41) is 42.9. The van der Waals surface area contributed by atoms with E-state index in [1.807, 2.05) is 0 Å². The van der Waals surface area contributed by atoms with Gasteiger partial charge in [0.2, 0.25) is 0 Å². The molecule has 0 saturated heterocycles. The van der Waals surface area contributed by atoms with Crippen molar-refractivity contribution in [3.05, 3.63) is 129 Å². The summed E-state index contributed by atoms with van der Waals surface area (Å²) in [6.07, 6.45) is 0. The largest absolute Gasteiger partial charge is 0.506 e. The number of benzene rings is 6. The van der Waals surface area contributed by atoms with Crippen molar-refractivity contribution < 1.29 is 62.1 Å². The Kier molecular flexibility index (Phi) is 11.4. The molecule has 0 amide bonds. The Morgan fingerprint density at radius 3 is 1.15 bits per heavy atom. The van der Waals surface area contributed by atoms with E-state index in [0.29, 0.717) is 23.3 Å². The van der Waals surface area contributed by atoms with Gasteiger partial charge >= 0.3 is 0 Å². The van der Waals surface area contributed by atoms with Crippen molar-refractivity contribution in [1.82, 2.24) is 19.6 Å². The highest BCUT2D eigenvalue weighted by molar-refractivity contribution is 7.87. The predicted molar refractivity (Wildman–Crippen MR) is 240 cm³/mol. The molecular weight excluding hydrogens is 977 g/mol. The molecule has 2 heterocycles. The third-order valence-electron chi connectivity index (χ3n) is 10.3. The lowest BCUT2D eigenvalue weighted by molar-refractivity contribution is 0.475. The van der Waals surface area contributed by atoms with E-state index in [1.54, 1.807) is 0 Å². The van der Waals surface area contributed by atoms with Crippen molar-refractivity contribution in [1.29, 1.82) is 0 Å². The Labute approximate surface area is 381 Å². The maximum Gasteiger partial charge on any atom is 0.299 e. The number of phenols is 2. The molecule has 8 rings (SSSR count). The van der Waals surface area contributed by atoms with Crippen LogP contribution in [0.25, 0.3) is 44.0 Å². The Bertz CT molecular complexity index is 3870. The number of aryl methyl sites for hydroxylation is 2. The van der Waals surface area contributed by atoms with Gasteiger partial charge in [0.15, 0.2) is 11.4 Å². The zero-order chi connectivity index (χ0) is 49.4. The van der Waals surface area contributed by atoms with Gasteiger partial charge in [-0.15, -0.1) is 20.5 Å². The number of phenolic OH excluding ortho intramolecular Hbond substituents is 2. The average Bonchev–Trinajstić information content (AvgIpc) is 3.70. The van der Waals surface area contributed by atoms with Crippen molar-refractivity contribution in [2.45, 2.75) is 33.4 Å². The SMILES string of the molecule is Cc1[nH]n(-c2ccc3c(S(=O)(=O)O)cc(S(=O)(=O)O)cc3c2)c(=O)c1N=Nc1ccc(-c2ccc(N=Nc3c(C)[nH]n(-c4ccc5c(S(=O)(=O)O)cc(S(=O)(=O)O)cc5c4)c3=O)c(O)c2)cc1O. The van der Waals surface area contributed by atoms with Crippen molar-refractivity contribution in [2.75, 3.05) is 0 Å². The van der Waals surface area contributed by atoms with E-state index in [1.165, 1.54) is 86.6 Å². The van der Waals surface area contributed by atoms with Gasteiger partial charge in [0.25, 0.3) is 51.6 Å². The van der Waals surface area contributed by atoms with E-state index in [2.05, 4.69) is 30.7 Å². The van der Waals surface area contributed by atoms with E-state index in [4.69, 9.17) is 0 Å². The molecule has 0 aliphatic carbocycles. The monoisotopic (exact) mass is 1010 g/mol. The van der Waals surface area contributed by atoms with Crippen LogP contribution in [0.3, 0.4) is 0 Å². The summed E-state index contributed by atoms with van der Waals surface area (Å²) in [6, 6.07) is 19.0. The van der Waals surface area contributed by atoms with E-state index < -0.39 is 71.2 Å². The summed E-state index contributed by atoms with van der Waals surface area (Å²) in [6.45, 7) is 2.98. The highest BCUT2D eigenvalue weighted by atomic mass is 32.2. The van der Waals surface area contributed by atoms with Gasteiger partial charge in [0, 0.05) is 10.8 Å². The summed E-state index contributed by atoms with van der Waals surface area (Å²) in [4.78, 5) is 23.7. The molecule has 68 heavy (non-hydrogen) atoms. The van der Waals surface area contributed by atoms with Crippen LogP contribution in [0.4, 0.5) is 22.7 Å². The molecule has 0 aliphatic rings. The van der Waals surface area contributed by atoms with Crippen molar-refractivity contribution in [3.8, 4) is 34.0 Å². The van der Waals surface area contributed by atoms with Gasteiger partial charge in [-0.2, -0.15) is 33.7 Å².